The average molecular weight is 1430 g/mol. The number of nitrogens with zero attached hydrogens (tertiary/aromatic N) is 2. The Morgan fingerprint density at radius 1 is 0.559 bits per heavy atom. The number of phenols is 1. The summed E-state index contributed by atoms with van der Waals surface area (Å²) in [6.45, 7) is 5.20. The van der Waals surface area contributed by atoms with Crippen molar-refractivity contribution in [1.29, 1.82) is 5.41 Å². The number of likely N-dealkylation sites (tertiary alicyclic amines) is 1. The van der Waals surface area contributed by atoms with Gasteiger partial charge in [-0.05, 0) is 121 Å². The van der Waals surface area contributed by atoms with Gasteiger partial charge in [-0.3, -0.25) is 63.1 Å². The van der Waals surface area contributed by atoms with Crippen LogP contribution in [0.15, 0.2) is 116 Å². The monoisotopic (exact) mass is 1430 g/mol. The molecule has 13 amide bonds. The first-order chi connectivity index (χ1) is 48.6. The number of fused-ring (bicyclic) bond motifs is 1. The van der Waals surface area contributed by atoms with Crippen LogP contribution in [0.1, 0.15) is 94.9 Å². The standard InChI is InChI=1S/C70H92ClN17O14/c1-39(2)31-52(61(94)82-51(15-9-28-77-69(73)74)68(101)88-30-10-16-58(88)67(100)79-40(3)59(72)92)83-60(93)50(14-8-29-78-70(75)102)81-63(96)54(34-43-20-25-49(91)26-21-43)86-66(99)57(38-89)87-65(98)56(36-45-11-7-27-76-37-45)85-64(97)55(33-42-18-23-48(71)24-19-42)84-62(95)53(80-41(4)90)35-44-17-22-46-12-5-6-13-47(46)32-44/h5-7,11-13,17-27,32,37,39-40,50-58,89,91H,8-10,14-16,28-31,33-36,38H2,1-4H3,(H2,72,92)(H,79,100)(H,80,90)(H,81,96)(H,82,94)(H,83,93)(H,84,95)(H,85,97)(H,86,99)(H,87,98)(H4,73,74,77)(H3,75,78,102)/t40-,50-,51+,52+,53-,54+,55-,56-,57-,58-/m1/s1. The maximum atomic E-state index is 14.9. The van der Waals surface area contributed by atoms with E-state index in [1.807, 2.05) is 42.5 Å². The minimum Gasteiger partial charge on any atom is -0.508 e. The topological polar surface area (TPSA) is 496 Å². The van der Waals surface area contributed by atoms with Crippen molar-refractivity contribution in [1.82, 2.24) is 68.4 Å². The highest BCUT2D eigenvalue weighted by molar-refractivity contribution is 6.30. The predicted octanol–water partition coefficient (Wildman–Crippen LogP) is -0.506. The number of guanidine groups is 1. The van der Waals surface area contributed by atoms with Gasteiger partial charge >= 0.3 is 6.03 Å². The van der Waals surface area contributed by atoms with Crippen molar-refractivity contribution in [3.8, 4) is 5.75 Å². The van der Waals surface area contributed by atoms with E-state index in [1.165, 1.54) is 55.4 Å². The highest BCUT2D eigenvalue weighted by atomic mass is 35.5. The zero-order valence-electron chi connectivity index (χ0n) is 57.2. The lowest BCUT2D eigenvalue weighted by molar-refractivity contribution is -0.142. The molecule has 10 atom stereocenters. The van der Waals surface area contributed by atoms with Crippen LogP contribution in [0.5, 0.6) is 5.75 Å². The smallest absolute Gasteiger partial charge is 0.312 e. The Morgan fingerprint density at radius 3 is 1.59 bits per heavy atom. The summed E-state index contributed by atoms with van der Waals surface area (Å²) in [5.41, 5.74) is 18.3. The van der Waals surface area contributed by atoms with Crippen LogP contribution >= 0.6 is 11.6 Å². The third kappa shape index (κ3) is 26.0. The lowest BCUT2D eigenvalue weighted by atomic mass is 9.99. The molecular weight excluding hydrogens is 1340 g/mol. The van der Waals surface area contributed by atoms with Crippen LogP contribution < -0.4 is 75.7 Å². The number of phenolic OH excluding ortho intramolecular Hbond substituents is 1. The fourth-order valence-electron chi connectivity index (χ4n) is 11.4. The fourth-order valence-corrected chi connectivity index (χ4v) is 11.5. The molecule has 1 saturated heterocycles. The maximum Gasteiger partial charge on any atom is 0.312 e. The molecule has 5 aromatic rings. The van der Waals surface area contributed by atoms with Crippen LogP contribution in [0, 0.1) is 11.3 Å². The summed E-state index contributed by atoms with van der Waals surface area (Å²) in [5.74, 6) is -9.97. The zero-order valence-corrected chi connectivity index (χ0v) is 58.0. The summed E-state index contributed by atoms with van der Waals surface area (Å²) in [6.07, 6.45) is 2.71. The van der Waals surface area contributed by atoms with E-state index >= 15 is 0 Å². The van der Waals surface area contributed by atoms with Gasteiger partial charge in [0.15, 0.2) is 5.96 Å². The van der Waals surface area contributed by atoms with Gasteiger partial charge in [0.2, 0.25) is 65.0 Å². The number of hydrogen-bond donors (Lipinski definition) is 17. The van der Waals surface area contributed by atoms with Crippen molar-refractivity contribution >= 4 is 99.3 Å². The van der Waals surface area contributed by atoms with Crippen molar-refractivity contribution in [2.24, 2.45) is 23.1 Å². The highest BCUT2D eigenvalue weighted by Gasteiger charge is 2.40. The van der Waals surface area contributed by atoms with Gasteiger partial charge < -0.3 is 90.8 Å². The third-order valence-corrected chi connectivity index (χ3v) is 17.0. The van der Waals surface area contributed by atoms with E-state index in [4.69, 9.17) is 34.2 Å². The number of aliphatic hydroxyl groups is 1. The molecule has 0 unspecified atom stereocenters. The molecule has 32 heteroatoms. The van der Waals surface area contributed by atoms with Crippen molar-refractivity contribution in [3.63, 3.8) is 0 Å². The second-order valence-electron chi connectivity index (χ2n) is 25.4. The Balaban J connectivity index is 1.25. The van der Waals surface area contributed by atoms with E-state index < -0.39 is 138 Å². The summed E-state index contributed by atoms with van der Waals surface area (Å²) in [6, 6.07) is 13.4. The van der Waals surface area contributed by atoms with Gasteiger partial charge in [0, 0.05) is 69.7 Å². The van der Waals surface area contributed by atoms with E-state index in [-0.39, 0.29) is 101 Å². The van der Waals surface area contributed by atoms with Crippen molar-refractivity contribution in [2.75, 3.05) is 26.2 Å². The normalized spacial score (nSPS) is 15.2. The van der Waals surface area contributed by atoms with Gasteiger partial charge in [-0.15, -0.1) is 0 Å². The Morgan fingerprint density at radius 2 is 1.04 bits per heavy atom. The Labute approximate surface area is 595 Å². The Kier molecular flexibility index (Phi) is 31.2. The number of primary amides is 2. The fraction of sp³-hybridized carbons (Fsp3) is 0.429. The number of rotatable bonds is 38. The molecule has 1 aliphatic heterocycles. The summed E-state index contributed by atoms with van der Waals surface area (Å²) in [7, 11) is 0. The van der Waals surface area contributed by atoms with E-state index in [1.54, 1.807) is 50.2 Å². The molecule has 0 saturated carbocycles. The number of carbonyl (C=O) groups excluding carboxylic acids is 12. The second kappa shape index (κ2) is 39.7. The van der Waals surface area contributed by atoms with Gasteiger partial charge in [-0.1, -0.05) is 98.2 Å². The Hall–Kier alpha value is -10.9. The van der Waals surface area contributed by atoms with Crippen LogP contribution in [0.3, 0.4) is 0 Å². The number of carbonyl (C=O) groups is 12. The number of halogens is 1. The average Bonchev–Trinajstić information content (AvgIpc) is 1.13. The number of aliphatic hydroxyl groups excluding tert-OH is 1. The number of benzene rings is 4. The molecule has 0 aliphatic carbocycles. The molecule has 1 fully saturated rings. The molecular formula is C70H92ClN17O14. The van der Waals surface area contributed by atoms with Crippen LogP contribution in [-0.2, 0) is 78.4 Å². The lowest BCUT2D eigenvalue weighted by Crippen LogP contribution is -2.61. The molecule has 6 rings (SSSR count). The number of aromatic hydroxyl groups is 1. The van der Waals surface area contributed by atoms with Crippen LogP contribution in [0.25, 0.3) is 10.8 Å². The molecule has 20 N–H and O–H groups in total. The van der Waals surface area contributed by atoms with Crippen molar-refractivity contribution in [3.05, 3.63) is 143 Å². The minimum atomic E-state index is -1.85. The first-order valence-electron chi connectivity index (χ1n) is 33.5. The maximum absolute atomic E-state index is 14.9. The molecule has 0 spiro atoms. The van der Waals surface area contributed by atoms with Crippen molar-refractivity contribution < 1.29 is 67.7 Å². The number of hydrogen-bond acceptors (Lipinski definition) is 16. The van der Waals surface area contributed by atoms with Crippen LogP contribution in [-0.4, -0.2) is 184 Å². The molecule has 31 nitrogen and oxygen atoms in total. The van der Waals surface area contributed by atoms with E-state index in [9.17, 15) is 67.7 Å². The second-order valence-corrected chi connectivity index (χ2v) is 25.8. The van der Waals surface area contributed by atoms with Gasteiger partial charge in [0.25, 0.3) is 0 Å². The van der Waals surface area contributed by atoms with E-state index in [0.717, 1.165) is 10.8 Å². The Bertz CT molecular complexity index is 3760. The quantitative estimate of drug-likeness (QED) is 0.0134. The minimum absolute atomic E-state index is 0.00169. The van der Waals surface area contributed by atoms with Gasteiger partial charge in [-0.2, -0.15) is 0 Å². The SMILES string of the molecule is CC(=O)N[C@H](Cc1ccc2ccccc2c1)C(=O)N[C@H](Cc1ccc(Cl)cc1)C(=O)N[C@H](Cc1cccnc1)C(=O)N[C@H](CO)C(=O)N[C@@H](Cc1ccc(O)cc1)C(=O)N[C@H](CCCNC(N)=O)C(=O)N[C@@H](CC(C)C)C(=O)N[C@@H](CCCNC(=N)N)C(=O)N1CCC[C@@H]1C(=O)N[C@H](C)C(N)=O. The lowest BCUT2D eigenvalue weighted by Gasteiger charge is -2.31. The summed E-state index contributed by atoms with van der Waals surface area (Å²) >= 11 is 6.23. The van der Waals surface area contributed by atoms with Crippen LogP contribution in [0.4, 0.5) is 4.79 Å². The summed E-state index contributed by atoms with van der Waals surface area (Å²) in [5, 5.41) is 59.8. The summed E-state index contributed by atoms with van der Waals surface area (Å²) < 4.78 is 0. The zero-order chi connectivity index (χ0) is 74.6. The number of nitrogens with two attached hydrogens (primary N) is 3. The predicted molar refractivity (Wildman–Crippen MR) is 378 cm³/mol. The molecule has 2 heterocycles. The molecule has 102 heavy (non-hydrogen) atoms. The first kappa shape index (κ1) is 80.0. The largest absolute Gasteiger partial charge is 0.508 e. The number of aromatic nitrogens is 1. The van der Waals surface area contributed by atoms with E-state index in [2.05, 4.69) is 63.5 Å². The van der Waals surface area contributed by atoms with Crippen LogP contribution in [0.2, 0.25) is 5.02 Å². The first-order valence-corrected chi connectivity index (χ1v) is 33.9. The van der Waals surface area contributed by atoms with E-state index in [0.29, 0.717) is 33.7 Å². The van der Waals surface area contributed by atoms with Gasteiger partial charge in [0.05, 0.1) is 6.61 Å². The number of urea groups is 1. The third-order valence-electron chi connectivity index (χ3n) is 16.7. The molecule has 4 aromatic carbocycles. The summed E-state index contributed by atoms with van der Waals surface area (Å²) in [4.78, 5) is 172. The van der Waals surface area contributed by atoms with Gasteiger partial charge in [-0.25, -0.2) is 4.79 Å². The molecule has 1 aromatic heterocycles. The number of pyridine rings is 1. The molecule has 1 aliphatic rings. The highest BCUT2D eigenvalue weighted by Crippen LogP contribution is 2.22. The molecule has 548 valence electrons. The number of nitrogens with one attached hydrogen (secondary N) is 12. The number of amides is 13. The molecule has 0 radical (unpaired) electrons. The van der Waals surface area contributed by atoms with Crippen molar-refractivity contribution in [2.45, 2.75) is 159 Å². The van der Waals surface area contributed by atoms with Gasteiger partial charge in [0.1, 0.15) is 66.2 Å². The molecule has 0 bridgehead atoms.